The molecule has 0 aliphatic carbocycles. The lowest BCUT2D eigenvalue weighted by Gasteiger charge is -2.16. The quantitative estimate of drug-likeness (QED) is 0.821. The van der Waals surface area contributed by atoms with Gasteiger partial charge in [-0.2, -0.15) is 0 Å². The van der Waals surface area contributed by atoms with E-state index in [0.717, 1.165) is 24.5 Å². The molecular weight excluding hydrogens is 218 g/mol. The largest absolute Gasteiger partial charge is 0.377 e. The topological polar surface area (TPSA) is 60.6 Å². The van der Waals surface area contributed by atoms with Crippen LogP contribution in [0.2, 0.25) is 0 Å². The maximum atomic E-state index is 5.55. The molecule has 5 nitrogen and oxygen atoms in total. The number of aromatic nitrogens is 1. The highest BCUT2D eigenvalue weighted by Gasteiger charge is 2.33. The molecule has 2 rings (SSSR count). The molecule has 94 valence electrons. The summed E-state index contributed by atoms with van der Waals surface area (Å²) in [6.45, 7) is 2.14. The fraction of sp³-hybridized carbons (Fsp3) is 0.583. The Morgan fingerprint density at radius 2 is 1.94 bits per heavy atom. The standard InChI is InChI=1S/C12H19N3O2/c1-16-10-7-15(8-11(10)17-2)12-4-3-9(5-13)6-14-12/h3-4,6,10-11H,5,7-8,13H2,1-2H3. The Kier molecular flexibility index (Phi) is 3.93. The molecule has 1 fully saturated rings. The first-order chi connectivity index (χ1) is 8.28. The summed E-state index contributed by atoms with van der Waals surface area (Å²) >= 11 is 0. The van der Waals surface area contributed by atoms with Crippen molar-refractivity contribution in [3.05, 3.63) is 23.9 Å². The summed E-state index contributed by atoms with van der Waals surface area (Å²) in [6.07, 6.45) is 2.03. The summed E-state index contributed by atoms with van der Waals surface area (Å²) in [5.41, 5.74) is 6.59. The third-order valence-corrected chi connectivity index (χ3v) is 3.19. The van der Waals surface area contributed by atoms with Gasteiger partial charge >= 0.3 is 0 Å². The molecule has 1 aromatic rings. The van der Waals surface area contributed by atoms with Crippen molar-refractivity contribution in [1.29, 1.82) is 0 Å². The van der Waals surface area contributed by atoms with Crippen molar-refractivity contribution < 1.29 is 9.47 Å². The van der Waals surface area contributed by atoms with Crippen LogP contribution >= 0.6 is 0 Å². The lowest BCUT2D eigenvalue weighted by Crippen LogP contribution is -2.27. The Morgan fingerprint density at radius 1 is 1.29 bits per heavy atom. The number of rotatable bonds is 4. The van der Waals surface area contributed by atoms with Crippen LogP contribution in [0.15, 0.2) is 18.3 Å². The van der Waals surface area contributed by atoms with Crippen molar-refractivity contribution in [2.45, 2.75) is 18.8 Å². The van der Waals surface area contributed by atoms with Gasteiger partial charge in [-0.3, -0.25) is 0 Å². The second kappa shape index (κ2) is 5.44. The maximum absolute atomic E-state index is 5.55. The first-order valence-corrected chi connectivity index (χ1v) is 5.74. The molecule has 0 spiro atoms. The average Bonchev–Trinajstić information content (AvgIpc) is 2.82. The third kappa shape index (κ3) is 2.57. The smallest absolute Gasteiger partial charge is 0.128 e. The van der Waals surface area contributed by atoms with Gasteiger partial charge in [-0.1, -0.05) is 6.07 Å². The Morgan fingerprint density at radius 3 is 2.35 bits per heavy atom. The van der Waals surface area contributed by atoms with Crippen molar-refractivity contribution in [3.8, 4) is 0 Å². The number of anilines is 1. The lowest BCUT2D eigenvalue weighted by atomic mass is 10.3. The molecule has 2 unspecified atom stereocenters. The first-order valence-electron chi connectivity index (χ1n) is 5.74. The monoisotopic (exact) mass is 237 g/mol. The van der Waals surface area contributed by atoms with E-state index < -0.39 is 0 Å². The Hall–Kier alpha value is -1.17. The minimum atomic E-state index is 0.107. The molecule has 2 N–H and O–H groups in total. The van der Waals surface area contributed by atoms with E-state index in [-0.39, 0.29) is 12.2 Å². The predicted molar refractivity (Wildman–Crippen MR) is 65.9 cm³/mol. The highest BCUT2D eigenvalue weighted by molar-refractivity contribution is 5.41. The van der Waals surface area contributed by atoms with E-state index in [1.54, 1.807) is 14.2 Å². The van der Waals surface area contributed by atoms with Crippen LogP contribution in [0.4, 0.5) is 5.82 Å². The number of nitrogens with zero attached hydrogens (tertiary/aromatic N) is 2. The van der Waals surface area contributed by atoms with Gasteiger partial charge in [0.1, 0.15) is 18.0 Å². The van der Waals surface area contributed by atoms with E-state index in [1.165, 1.54) is 0 Å². The zero-order chi connectivity index (χ0) is 12.3. The van der Waals surface area contributed by atoms with Gasteiger partial charge in [0.2, 0.25) is 0 Å². The predicted octanol–water partition coefficient (Wildman–Crippen LogP) is 0.390. The highest BCUT2D eigenvalue weighted by Crippen LogP contribution is 2.21. The normalized spacial score (nSPS) is 24.3. The van der Waals surface area contributed by atoms with Gasteiger partial charge in [-0.15, -0.1) is 0 Å². The number of methoxy groups -OCH3 is 2. The first kappa shape index (κ1) is 12.3. The summed E-state index contributed by atoms with van der Waals surface area (Å²) in [7, 11) is 3.43. The molecule has 0 radical (unpaired) electrons. The van der Waals surface area contributed by atoms with Gasteiger partial charge in [-0.05, 0) is 11.6 Å². The van der Waals surface area contributed by atoms with Crippen LogP contribution in [0.3, 0.4) is 0 Å². The SMILES string of the molecule is COC1CN(c2ccc(CN)cn2)CC1OC. The van der Waals surface area contributed by atoms with Gasteiger partial charge in [0.15, 0.2) is 0 Å². The Labute approximate surface area is 102 Å². The van der Waals surface area contributed by atoms with E-state index in [1.807, 2.05) is 18.3 Å². The lowest BCUT2D eigenvalue weighted by molar-refractivity contribution is -0.00461. The van der Waals surface area contributed by atoms with Gasteiger partial charge < -0.3 is 20.1 Å². The van der Waals surface area contributed by atoms with E-state index in [4.69, 9.17) is 15.2 Å². The summed E-state index contributed by atoms with van der Waals surface area (Å²) < 4.78 is 10.8. The second-order valence-corrected chi connectivity index (χ2v) is 4.18. The molecule has 1 aromatic heterocycles. The minimum absolute atomic E-state index is 0.107. The molecule has 0 aromatic carbocycles. The number of hydrogen-bond donors (Lipinski definition) is 1. The van der Waals surface area contributed by atoms with Crippen LogP contribution in [-0.4, -0.2) is 44.5 Å². The van der Waals surface area contributed by atoms with Crippen LogP contribution in [0, 0.1) is 0 Å². The maximum Gasteiger partial charge on any atom is 0.128 e. The van der Waals surface area contributed by atoms with Crippen molar-refractivity contribution in [3.63, 3.8) is 0 Å². The summed E-state index contributed by atoms with van der Waals surface area (Å²) in [5, 5.41) is 0. The molecule has 0 bridgehead atoms. The van der Waals surface area contributed by atoms with Gasteiger partial charge in [-0.25, -0.2) is 4.98 Å². The molecule has 1 saturated heterocycles. The van der Waals surface area contributed by atoms with E-state index in [0.29, 0.717) is 6.54 Å². The molecule has 2 heterocycles. The van der Waals surface area contributed by atoms with E-state index in [2.05, 4.69) is 9.88 Å². The molecule has 17 heavy (non-hydrogen) atoms. The highest BCUT2D eigenvalue weighted by atomic mass is 16.5. The fourth-order valence-electron chi connectivity index (χ4n) is 2.11. The average molecular weight is 237 g/mol. The van der Waals surface area contributed by atoms with Crippen LogP contribution in [-0.2, 0) is 16.0 Å². The van der Waals surface area contributed by atoms with Crippen LogP contribution in [0.25, 0.3) is 0 Å². The van der Waals surface area contributed by atoms with Crippen molar-refractivity contribution >= 4 is 5.82 Å². The number of ether oxygens (including phenoxy) is 2. The van der Waals surface area contributed by atoms with Crippen LogP contribution in [0.1, 0.15) is 5.56 Å². The van der Waals surface area contributed by atoms with Crippen molar-refractivity contribution in [1.82, 2.24) is 4.98 Å². The molecular formula is C12H19N3O2. The third-order valence-electron chi connectivity index (χ3n) is 3.19. The fourth-order valence-corrected chi connectivity index (χ4v) is 2.11. The molecule has 0 amide bonds. The molecule has 0 saturated carbocycles. The number of pyridine rings is 1. The number of hydrogen-bond acceptors (Lipinski definition) is 5. The molecule has 1 aliphatic rings. The summed E-state index contributed by atoms with van der Waals surface area (Å²) in [6, 6.07) is 4.00. The van der Waals surface area contributed by atoms with Gasteiger partial charge in [0, 0.05) is 40.1 Å². The van der Waals surface area contributed by atoms with Crippen molar-refractivity contribution in [2.24, 2.45) is 5.73 Å². The second-order valence-electron chi connectivity index (χ2n) is 4.18. The zero-order valence-corrected chi connectivity index (χ0v) is 10.3. The molecule has 5 heteroatoms. The Balaban J connectivity index is 2.07. The van der Waals surface area contributed by atoms with Crippen molar-refractivity contribution in [2.75, 3.05) is 32.2 Å². The van der Waals surface area contributed by atoms with Gasteiger partial charge in [0.05, 0.1) is 0 Å². The Bertz CT molecular complexity index is 343. The summed E-state index contributed by atoms with van der Waals surface area (Å²) in [4.78, 5) is 6.57. The van der Waals surface area contributed by atoms with Crippen LogP contribution in [0.5, 0.6) is 0 Å². The molecule has 1 aliphatic heterocycles. The molecule has 2 atom stereocenters. The summed E-state index contributed by atoms with van der Waals surface area (Å²) in [5.74, 6) is 0.948. The van der Waals surface area contributed by atoms with Crippen LogP contribution < -0.4 is 10.6 Å². The van der Waals surface area contributed by atoms with E-state index >= 15 is 0 Å². The number of nitrogens with two attached hydrogens (primary N) is 1. The zero-order valence-electron chi connectivity index (χ0n) is 10.3. The van der Waals surface area contributed by atoms with Gasteiger partial charge in [0.25, 0.3) is 0 Å². The van der Waals surface area contributed by atoms with E-state index in [9.17, 15) is 0 Å². The minimum Gasteiger partial charge on any atom is -0.377 e.